The zero-order valence-electron chi connectivity index (χ0n) is 15.2. The molecule has 6 nitrogen and oxygen atoms in total. The highest BCUT2D eigenvalue weighted by Gasteiger charge is 2.56. The van der Waals surface area contributed by atoms with E-state index in [9.17, 15) is 0 Å². The molecular formula is C19H27NO5. The van der Waals surface area contributed by atoms with Crippen molar-refractivity contribution in [3.05, 3.63) is 36.9 Å². The average molecular weight is 349 g/mol. The lowest BCUT2D eigenvalue weighted by molar-refractivity contribution is -0.218. The Bertz CT molecular complexity index is 588. The van der Waals surface area contributed by atoms with Crippen LogP contribution >= 0.6 is 0 Å². The Morgan fingerprint density at radius 1 is 1.24 bits per heavy atom. The highest BCUT2D eigenvalue weighted by atomic mass is 16.8. The molecule has 2 aliphatic heterocycles. The number of benzene rings is 1. The van der Waals surface area contributed by atoms with Gasteiger partial charge in [-0.25, -0.2) is 0 Å². The summed E-state index contributed by atoms with van der Waals surface area (Å²) in [6, 6.07) is 7.77. The first kappa shape index (κ1) is 18.2. The van der Waals surface area contributed by atoms with Crippen molar-refractivity contribution < 1.29 is 23.7 Å². The summed E-state index contributed by atoms with van der Waals surface area (Å²) in [5.74, 6) is 0.158. The topological polar surface area (TPSA) is 58.2 Å². The largest absolute Gasteiger partial charge is 0.497 e. The Kier molecular flexibility index (Phi) is 5.34. The van der Waals surface area contributed by atoms with Crippen molar-refractivity contribution in [2.24, 2.45) is 0 Å². The van der Waals surface area contributed by atoms with Gasteiger partial charge >= 0.3 is 0 Å². The van der Waals surface area contributed by atoms with E-state index in [2.05, 4.69) is 11.9 Å². The van der Waals surface area contributed by atoms with Crippen molar-refractivity contribution >= 4 is 5.69 Å². The van der Waals surface area contributed by atoms with Gasteiger partial charge < -0.3 is 29.0 Å². The summed E-state index contributed by atoms with van der Waals surface area (Å²) in [5, 5.41) is 3.50. The highest BCUT2D eigenvalue weighted by molar-refractivity contribution is 5.47. The van der Waals surface area contributed by atoms with Gasteiger partial charge in [-0.05, 0) is 44.5 Å². The lowest BCUT2D eigenvalue weighted by Crippen LogP contribution is -2.45. The second-order valence-electron chi connectivity index (χ2n) is 6.77. The fraction of sp³-hybridized carbons (Fsp3) is 0.579. The van der Waals surface area contributed by atoms with Crippen LogP contribution in [0, 0.1) is 0 Å². The van der Waals surface area contributed by atoms with Crippen LogP contribution in [-0.2, 0) is 18.9 Å². The average Bonchev–Trinajstić information content (AvgIpc) is 3.06. The minimum Gasteiger partial charge on any atom is -0.497 e. The highest BCUT2D eigenvalue weighted by Crippen LogP contribution is 2.40. The predicted molar refractivity (Wildman–Crippen MR) is 94.7 cm³/mol. The molecule has 0 amide bonds. The van der Waals surface area contributed by atoms with Gasteiger partial charge in [0.2, 0.25) is 0 Å². The fourth-order valence-electron chi connectivity index (χ4n) is 3.45. The predicted octanol–water partition coefficient (Wildman–Crippen LogP) is 2.94. The summed E-state index contributed by atoms with van der Waals surface area (Å²) in [5.41, 5.74) is 0.977. The van der Waals surface area contributed by atoms with Crippen molar-refractivity contribution in [1.29, 1.82) is 0 Å². The molecule has 25 heavy (non-hydrogen) atoms. The third kappa shape index (κ3) is 3.82. The van der Waals surface area contributed by atoms with E-state index in [1.165, 1.54) is 0 Å². The van der Waals surface area contributed by atoms with Crippen LogP contribution in [0.4, 0.5) is 5.69 Å². The van der Waals surface area contributed by atoms with E-state index in [1.807, 2.05) is 44.2 Å². The van der Waals surface area contributed by atoms with Gasteiger partial charge in [0.15, 0.2) is 12.1 Å². The number of hydrogen-bond acceptors (Lipinski definition) is 6. The second kappa shape index (κ2) is 7.33. The Morgan fingerprint density at radius 2 is 1.96 bits per heavy atom. The molecule has 0 spiro atoms. The number of rotatable bonds is 7. The zero-order valence-corrected chi connectivity index (χ0v) is 15.2. The maximum atomic E-state index is 6.15. The minimum absolute atomic E-state index is 0.0169. The molecule has 2 fully saturated rings. The van der Waals surface area contributed by atoms with E-state index in [4.69, 9.17) is 23.7 Å². The van der Waals surface area contributed by atoms with Crippen molar-refractivity contribution in [2.45, 2.75) is 56.7 Å². The molecule has 2 heterocycles. The van der Waals surface area contributed by atoms with Crippen LogP contribution in [0.1, 0.15) is 20.3 Å². The molecule has 1 unspecified atom stereocenters. The zero-order chi connectivity index (χ0) is 18.0. The van der Waals surface area contributed by atoms with Gasteiger partial charge in [0.1, 0.15) is 24.1 Å². The van der Waals surface area contributed by atoms with Crippen LogP contribution in [0.5, 0.6) is 5.75 Å². The van der Waals surface area contributed by atoms with Gasteiger partial charge in [0, 0.05) is 12.8 Å². The van der Waals surface area contributed by atoms with E-state index in [0.29, 0.717) is 0 Å². The normalized spacial score (nSPS) is 31.4. The van der Waals surface area contributed by atoms with Crippen LogP contribution in [0.3, 0.4) is 0 Å². The maximum absolute atomic E-state index is 6.15. The van der Waals surface area contributed by atoms with Crippen LogP contribution < -0.4 is 10.1 Å². The van der Waals surface area contributed by atoms with Crippen molar-refractivity contribution in [1.82, 2.24) is 0 Å². The number of nitrogens with one attached hydrogen (secondary N) is 1. The molecule has 1 aromatic rings. The molecule has 0 saturated carbocycles. The lowest BCUT2D eigenvalue weighted by Gasteiger charge is -2.31. The molecule has 138 valence electrons. The van der Waals surface area contributed by atoms with Crippen LogP contribution in [0.2, 0.25) is 0 Å². The standard InChI is InChI=1S/C19H27NO5/c1-6-7-14(20-12-8-10-13(21-4)11-9-12)15-16(22-5)17-18(23-15)25-19(2,3)24-17/h6,8-11,14-18,20H,1,7H2,2-5H3/t14?,15-,16+,17-,18-/m1/s1. The third-order valence-electron chi connectivity index (χ3n) is 4.56. The Labute approximate surface area is 149 Å². The molecule has 1 N–H and O–H groups in total. The van der Waals surface area contributed by atoms with E-state index < -0.39 is 12.1 Å². The summed E-state index contributed by atoms with van der Waals surface area (Å²) in [4.78, 5) is 0. The van der Waals surface area contributed by atoms with Crippen LogP contribution in [0.25, 0.3) is 0 Å². The molecule has 1 aromatic carbocycles. The van der Waals surface area contributed by atoms with E-state index in [1.54, 1.807) is 14.2 Å². The molecule has 2 saturated heterocycles. The number of methoxy groups -OCH3 is 2. The lowest BCUT2D eigenvalue weighted by atomic mass is 10.00. The van der Waals surface area contributed by atoms with Crippen molar-refractivity contribution in [3.8, 4) is 5.75 Å². The van der Waals surface area contributed by atoms with Crippen molar-refractivity contribution in [2.75, 3.05) is 19.5 Å². The summed E-state index contributed by atoms with van der Waals surface area (Å²) in [7, 11) is 3.33. The fourth-order valence-corrected chi connectivity index (χ4v) is 3.45. The second-order valence-corrected chi connectivity index (χ2v) is 6.77. The Morgan fingerprint density at radius 3 is 2.56 bits per heavy atom. The number of fused-ring (bicyclic) bond motifs is 1. The minimum atomic E-state index is -0.658. The first-order chi connectivity index (χ1) is 12.0. The summed E-state index contributed by atoms with van der Waals surface area (Å²) >= 11 is 0. The first-order valence-electron chi connectivity index (χ1n) is 8.53. The molecule has 2 aliphatic rings. The van der Waals surface area contributed by atoms with Gasteiger partial charge in [-0.2, -0.15) is 0 Å². The Hall–Kier alpha value is -1.60. The van der Waals surface area contributed by atoms with Gasteiger partial charge in [-0.3, -0.25) is 0 Å². The number of hydrogen-bond donors (Lipinski definition) is 1. The van der Waals surface area contributed by atoms with Gasteiger partial charge in [0.05, 0.1) is 13.2 Å². The summed E-state index contributed by atoms with van der Waals surface area (Å²) in [6.07, 6.45) is 1.50. The van der Waals surface area contributed by atoms with Crippen molar-refractivity contribution in [3.63, 3.8) is 0 Å². The SMILES string of the molecule is C=CCC(Nc1ccc(OC)cc1)[C@H]1O[C@@H]2OC(C)(C)O[C@@H]2[C@H]1OC. The molecule has 3 rings (SSSR count). The van der Waals surface area contributed by atoms with E-state index in [0.717, 1.165) is 17.9 Å². The first-order valence-corrected chi connectivity index (χ1v) is 8.53. The van der Waals surface area contributed by atoms with Gasteiger partial charge in [0.25, 0.3) is 0 Å². The molecular weight excluding hydrogens is 322 g/mol. The van der Waals surface area contributed by atoms with Gasteiger partial charge in [-0.1, -0.05) is 6.08 Å². The number of anilines is 1. The van der Waals surface area contributed by atoms with E-state index >= 15 is 0 Å². The molecule has 0 aromatic heterocycles. The van der Waals surface area contributed by atoms with Gasteiger partial charge in [-0.15, -0.1) is 6.58 Å². The molecule has 6 heteroatoms. The van der Waals surface area contributed by atoms with E-state index in [-0.39, 0.29) is 24.4 Å². The maximum Gasteiger partial charge on any atom is 0.190 e. The Balaban J connectivity index is 1.74. The molecule has 0 radical (unpaired) electrons. The molecule has 0 aliphatic carbocycles. The summed E-state index contributed by atoms with van der Waals surface area (Å²) < 4.78 is 28.9. The quantitative estimate of drug-likeness (QED) is 0.764. The summed E-state index contributed by atoms with van der Waals surface area (Å²) in [6.45, 7) is 7.63. The molecule has 5 atom stereocenters. The monoisotopic (exact) mass is 349 g/mol. The van der Waals surface area contributed by atoms with Crippen LogP contribution in [-0.4, -0.2) is 50.7 Å². The smallest absolute Gasteiger partial charge is 0.190 e. The third-order valence-corrected chi connectivity index (χ3v) is 4.56. The molecule has 0 bridgehead atoms. The van der Waals surface area contributed by atoms with Crippen LogP contribution in [0.15, 0.2) is 36.9 Å². The number of ether oxygens (including phenoxy) is 5.